The lowest BCUT2D eigenvalue weighted by Gasteiger charge is -2.40. The minimum absolute atomic E-state index is 0.212. The van der Waals surface area contributed by atoms with Gasteiger partial charge in [-0.3, -0.25) is 9.69 Å². The summed E-state index contributed by atoms with van der Waals surface area (Å²) in [6.07, 6.45) is 2.57. The minimum atomic E-state index is -0.769. The molecule has 5 heteroatoms. The standard InChI is InChI=1S/C22H27NO4/c1-15-7-6-8-16(13-15)21(23-12-5-4-9-19(23)22(24)25)18-14-17(26-2)10-11-20(18)27-3/h6-8,10-11,13-14,19,21H,4-5,9,12H2,1-3H3,(H,24,25). The summed E-state index contributed by atoms with van der Waals surface area (Å²) in [5.41, 5.74) is 3.13. The number of likely N-dealkylation sites (tertiary alicyclic amines) is 1. The number of hydrogen-bond acceptors (Lipinski definition) is 4. The molecule has 1 heterocycles. The van der Waals surface area contributed by atoms with Crippen LogP contribution >= 0.6 is 0 Å². The Morgan fingerprint density at radius 1 is 1.15 bits per heavy atom. The van der Waals surface area contributed by atoms with Crippen LogP contribution in [-0.2, 0) is 4.79 Å². The molecule has 1 N–H and O–H groups in total. The Morgan fingerprint density at radius 2 is 1.96 bits per heavy atom. The molecule has 0 saturated carbocycles. The maximum atomic E-state index is 12.0. The van der Waals surface area contributed by atoms with Gasteiger partial charge in [0.25, 0.3) is 0 Å². The first kappa shape index (κ1) is 19.2. The molecule has 0 aliphatic carbocycles. The van der Waals surface area contributed by atoms with Crippen LogP contribution in [0.5, 0.6) is 11.5 Å². The number of nitrogens with zero attached hydrogens (tertiary/aromatic N) is 1. The number of carboxylic acids is 1. The second-order valence-corrected chi connectivity index (χ2v) is 7.01. The van der Waals surface area contributed by atoms with Crippen LogP contribution in [0.25, 0.3) is 0 Å². The molecule has 0 spiro atoms. The second-order valence-electron chi connectivity index (χ2n) is 7.01. The van der Waals surface area contributed by atoms with Gasteiger partial charge in [0, 0.05) is 5.56 Å². The molecular weight excluding hydrogens is 342 g/mol. The zero-order valence-corrected chi connectivity index (χ0v) is 16.1. The smallest absolute Gasteiger partial charge is 0.320 e. The topological polar surface area (TPSA) is 59.0 Å². The summed E-state index contributed by atoms with van der Waals surface area (Å²) >= 11 is 0. The fourth-order valence-electron chi connectivity index (χ4n) is 3.97. The molecule has 2 aromatic carbocycles. The molecule has 1 aliphatic heterocycles. The van der Waals surface area contributed by atoms with E-state index in [0.29, 0.717) is 6.42 Å². The van der Waals surface area contributed by atoms with E-state index in [0.717, 1.165) is 47.6 Å². The number of rotatable bonds is 6. The monoisotopic (exact) mass is 369 g/mol. The Bertz CT molecular complexity index is 805. The van der Waals surface area contributed by atoms with Crippen molar-refractivity contribution < 1.29 is 19.4 Å². The highest BCUT2D eigenvalue weighted by atomic mass is 16.5. The van der Waals surface area contributed by atoms with Crippen molar-refractivity contribution in [2.24, 2.45) is 0 Å². The molecule has 1 fully saturated rings. The van der Waals surface area contributed by atoms with E-state index >= 15 is 0 Å². The fraction of sp³-hybridized carbons (Fsp3) is 0.409. The second kappa shape index (κ2) is 8.44. The van der Waals surface area contributed by atoms with Crippen molar-refractivity contribution in [2.45, 2.75) is 38.3 Å². The molecule has 1 aliphatic rings. The van der Waals surface area contributed by atoms with Crippen molar-refractivity contribution in [1.29, 1.82) is 0 Å². The zero-order valence-electron chi connectivity index (χ0n) is 16.1. The molecule has 0 aromatic heterocycles. The number of piperidine rings is 1. The molecular formula is C22H27NO4. The van der Waals surface area contributed by atoms with E-state index in [1.807, 2.05) is 37.3 Å². The van der Waals surface area contributed by atoms with Crippen LogP contribution in [0, 0.1) is 6.92 Å². The van der Waals surface area contributed by atoms with E-state index in [-0.39, 0.29) is 6.04 Å². The number of methoxy groups -OCH3 is 2. The van der Waals surface area contributed by atoms with Crippen molar-refractivity contribution in [3.63, 3.8) is 0 Å². The summed E-state index contributed by atoms with van der Waals surface area (Å²) in [5, 5.41) is 9.84. The molecule has 144 valence electrons. The molecule has 0 amide bonds. The van der Waals surface area contributed by atoms with Crippen molar-refractivity contribution in [1.82, 2.24) is 4.90 Å². The molecule has 0 radical (unpaired) electrons. The Balaban J connectivity index is 2.17. The lowest BCUT2D eigenvalue weighted by molar-refractivity contribution is -0.145. The SMILES string of the molecule is COc1ccc(OC)c(C(c2cccc(C)c2)N2CCCCC2C(=O)O)c1. The summed E-state index contributed by atoms with van der Waals surface area (Å²) in [5.74, 6) is 0.693. The number of carboxylic acid groups (broad SMARTS) is 1. The van der Waals surface area contributed by atoms with Gasteiger partial charge in [-0.05, 0) is 50.1 Å². The molecule has 2 atom stereocenters. The van der Waals surface area contributed by atoms with Gasteiger partial charge >= 0.3 is 5.97 Å². The first-order chi connectivity index (χ1) is 13.0. The normalized spacial score (nSPS) is 18.7. The van der Waals surface area contributed by atoms with Crippen molar-refractivity contribution >= 4 is 5.97 Å². The molecule has 27 heavy (non-hydrogen) atoms. The Hall–Kier alpha value is -2.53. The van der Waals surface area contributed by atoms with Crippen molar-refractivity contribution in [3.8, 4) is 11.5 Å². The number of aliphatic carboxylic acids is 1. The van der Waals surface area contributed by atoms with Gasteiger partial charge in [0.15, 0.2) is 0 Å². The van der Waals surface area contributed by atoms with E-state index < -0.39 is 12.0 Å². The van der Waals surface area contributed by atoms with Crippen LogP contribution in [-0.4, -0.2) is 42.8 Å². The predicted octanol–water partition coefficient (Wildman–Crippen LogP) is 4.04. The van der Waals surface area contributed by atoms with Crippen LogP contribution < -0.4 is 9.47 Å². The lowest BCUT2D eigenvalue weighted by atomic mass is 9.90. The molecule has 0 bridgehead atoms. The van der Waals surface area contributed by atoms with E-state index in [1.165, 1.54) is 0 Å². The fourth-order valence-corrected chi connectivity index (χ4v) is 3.97. The molecule has 3 rings (SSSR count). The highest BCUT2D eigenvalue weighted by Gasteiger charge is 2.36. The van der Waals surface area contributed by atoms with E-state index in [4.69, 9.17) is 9.47 Å². The van der Waals surface area contributed by atoms with Crippen LogP contribution in [0.3, 0.4) is 0 Å². The van der Waals surface area contributed by atoms with Crippen LogP contribution in [0.2, 0.25) is 0 Å². The number of aryl methyl sites for hydroxylation is 1. The van der Waals surface area contributed by atoms with Crippen LogP contribution in [0.1, 0.15) is 42.0 Å². The highest BCUT2D eigenvalue weighted by Crippen LogP contribution is 2.40. The van der Waals surface area contributed by atoms with Gasteiger partial charge in [0.2, 0.25) is 0 Å². The zero-order chi connectivity index (χ0) is 19.4. The van der Waals surface area contributed by atoms with Crippen molar-refractivity contribution in [3.05, 3.63) is 59.2 Å². The maximum absolute atomic E-state index is 12.0. The van der Waals surface area contributed by atoms with E-state index in [2.05, 4.69) is 17.0 Å². The highest BCUT2D eigenvalue weighted by molar-refractivity contribution is 5.74. The Labute approximate surface area is 160 Å². The average Bonchev–Trinajstić information content (AvgIpc) is 2.68. The predicted molar refractivity (Wildman–Crippen MR) is 105 cm³/mol. The number of benzene rings is 2. The third-order valence-electron chi connectivity index (χ3n) is 5.25. The Morgan fingerprint density at radius 3 is 2.63 bits per heavy atom. The summed E-state index contributed by atoms with van der Waals surface area (Å²) in [6, 6.07) is 13.2. The van der Waals surface area contributed by atoms with Gasteiger partial charge in [-0.2, -0.15) is 0 Å². The summed E-state index contributed by atoms with van der Waals surface area (Å²) in [7, 11) is 3.28. The third kappa shape index (κ3) is 4.08. The van der Waals surface area contributed by atoms with Crippen molar-refractivity contribution in [2.75, 3.05) is 20.8 Å². The Kier molecular flexibility index (Phi) is 6.01. The minimum Gasteiger partial charge on any atom is -0.497 e. The van der Waals surface area contributed by atoms with E-state index in [1.54, 1.807) is 14.2 Å². The first-order valence-corrected chi connectivity index (χ1v) is 9.32. The molecule has 2 unspecified atom stereocenters. The molecule has 5 nitrogen and oxygen atoms in total. The average molecular weight is 369 g/mol. The quantitative estimate of drug-likeness (QED) is 0.833. The number of carbonyl (C=O) groups is 1. The van der Waals surface area contributed by atoms with Gasteiger partial charge in [-0.15, -0.1) is 0 Å². The van der Waals surface area contributed by atoms with Gasteiger partial charge in [-0.25, -0.2) is 0 Å². The van der Waals surface area contributed by atoms with E-state index in [9.17, 15) is 9.90 Å². The number of ether oxygens (including phenoxy) is 2. The lowest BCUT2D eigenvalue weighted by Crippen LogP contribution is -2.46. The summed E-state index contributed by atoms with van der Waals surface area (Å²) in [4.78, 5) is 14.1. The molecule has 2 aromatic rings. The maximum Gasteiger partial charge on any atom is 0.320 e. The molecule has 1 saturated heterocycles. The summed E-state index contributed by atoms with van der Waals surface area (Å²) < 4.78 is 11.1. The van der Waals surface area contributed by atoms with Gasteiger partial charge < -0.3 is 14.6 Å². The van der Waals surface area contributed by atoms with Gasteiger partial charge in [-0.1, -0.05) is 36.2 Å². The third-order valence-corrected chi connectivity index (χ3v) is 5.25. The van der Waals surface area contributed by atoms with Crippen LogP contribution in [0.15, 0.2) is 42.5 Å². The number of hydrogen-bond donors (Lipinski definition) is 1. The van der Waals surface area contributed by atoms with Gasteiger partial charge in [0.1, 0.15) is 17.5 Å². The van der Waals surface area contributed by atoms with Crippen LogP contribution in [0.4, 0.5) is 0 Å². The van der Waals surface area contributed by atoms with Gasteiger partial charge in [0.05, 0.1) is 20.3 Å². The largest absolute Gasteiger partial charge is 0.497 e. The first-order valence-electron chi connectivity index (χ1n) is 9.32. The summed E-state index contributed by atoms with van der Waals surface area (Å²) in [6.45, 7) is 2.78.